The first kappa shape index (κ1) is 16.2. The molecule has 1 aliphatic carbocycles. The molecule has 0 amide bonds. The maximum absolute atomic E-state index is 4.42. The third kappa shape index (κ3) is 4.95. The van der Waals surface area contributed by atoms with E-state index < -0.39 is 0 Å². The minimum absolute atomic E-state index is 0.107. The van der Waals surface area contributed by atoms with E-state index in [1.165, 1.54) is 25.7 Å². The number of hydrogen-bond acceptors (Lipinski definition) is 4. The SMILES string of the molecule is CC1CCCC(N(C)c2ccc(CNC(C)(C)C)nn2)C1. The van der Waals surface area contributed by atoms with E-state index in [-0.39, 0.29) is 5.54 Å². The molecule has 1 heterocycles. The van der Waals surface area contributed by atoms with Crippen molar-refractivity contribution in [3.63, 3.8) is 0 Å². The molecular weight excluding hydrogens is 260 g/mol. The number of anilines is 1. The Hall–Kier alpha value is -1.16. The fourth-order valence-corrected chi connectivity index (χ4v) is 2.93. The summed E-state index contributed by atoms with van der Waals surface area (Å²) in [5.41, 5.74) is 1.11. The van der Waals surface area contributed by atoms with Crippen LogP contribution in [0.4, 0.5) is 5.82 Å². The first-order chi connectivity index (χ1) is 9.85. The lowest BCUT2D eigenvalue weighted by atomic mass is 9.86. The number of nitrogens with zero attached hydrogens (tertiary/aromatic N) is 3. The summed E-state index contributed by atoms with van der Waals surface area (Å²) in [6.45, 7) is 9.60. The third-order valence-corrected chi connectivity index (χ3v) is 4.32. The molecular formula is C17H30N4. The minimum Gasteiger partial charge on any atom is -0.355 e. The lowest BCUT2D eigenvalue weighted by molar-refractivity contribution is 0.335. The molecule has 1 N–H and O–H groups in total. The smallest absolute Gasteiger partial charge is 0.151 e. The van der Waals surface area contributed by atoms with Gasteiger partial charge in [0.15, 0.2) is 5.82 Å². The molecule has 4 heteroatoms. The molecule has 1 saturated carbocycles. The van der Waals surface area contributed by atoms with Crippen LogP contribution in [0.25, 0.3) is 0 Å². The number of hydrogen-bond donors (Lipinski definition) is 1. The summed E-state index contributed by atoms with van der Waals surface area (Å²) >= 11 is 0. The van der Waals surface area contributed by atoms with Gasteiger partial charge >= 0.3 is 0 Å². The molecule has 118 valence electrons. The van der Waals surface area contributed by atoms with E-state index in [0.29, 0.717) is 6.04 Å². The molecule has 1 aromatic heterocycles. The van der Waals surface area contributed by atoms with Gasteiger partial charge in [-0.3, -0.25) is 0 Å². The zero-order valence-corrected chi connectivity index (χ0v) is 14.2. The van der Waals surface area contributed by atoms with Gasteiger partial charge in [0.25, 0.3) is 0 Å². The van der Waals surface area contributed by atoms with Crippen LogP contribution in [0.15, 0.2) is 12.1 Å². The Labute approximate surface area is 129 Å². The van der Waals surface area contributed by atoms with Crippen LogP contribution in [0, 0.1) is 5.92 Å². The highest BCUT2D eigenvalue weighted by atomic mass is 15.3. The highest BCUT2D eigenvalue weighted by molar-refractivity contribution is 5.37. The fraction of sp³-hybridized carbons (Fsp3) is 0.765. The Bertz CT molecular complexity index is 435. The summed E-state index contributed by atoms with van der Waals surface area (Å²) < 4.78 is 0. The molecule has 0 aliphatic heterocycles. The minimum atomic E-state index is 0.107. The average Bonchev–Trinajstić information content (AvgIpc) is 2.44. The van der Waals surface area contributed by atoms with Gasteiger partial charge in [-0.25, -0.2) is 0 Å². The highest BCUT2D eigenvalue weighted by Gasteiger charge is 2.23. The number of rotatable bonds is 4. The second-order valence-electron chi connectivity index (χ2n) is 7.52. The van der Waals surface area contributed by atoms with Crippen LogP contribution in [-0.2, 0) is 6.54 Å². The van der Waals surface area contributed by atoms with Crippen molar-refractivity contribution >= 4 is 5.82 Å². The molecule has 1 aromatic rings. The highest BCUT2D eigenvalue weighted by Crippen LogP contribution is 2.28. The third-order valence-electron chi connectivity index (χ3n) is 4.32. The second-order valence-corrected chi connectivity index (χ2v) is 7.52. The van der Waals surface area contributed by atoms with Gasteiger partial charge in [-0.05, 0) is 51.7 Å². The maximum atomic E-state index is 4.42. The van der Waals surface area contributed by atoms with Crippen molar-refractivity contribution in [2.45, 2.75) is 71.5 Å². The second kappa shape index (κ2) is 6.73. The zero-order valence-electron chi connectivity index (χ0n) is 14.2. The summed E-state index contributed by atoms with van der Waals surface area (Å²) in [6.07, 6.45) is 5.24. The Morgan fingerprint density at radius 3 is 2.57 bits per heavy atom. The molecule has 0 aromatic carbocycles. The van der Waals surface area contributed by atoms with E-state index in [0.717, 1.165) is 24.0 Å². The van der Waals surface area contributed by atoms with Gasteiger partial charge in [-0.2, -0.15) is 5.10 Å². The molecule has 2 atom stereocenters. The van der Waals surface area contributed by atoms with Crippen molar-refractivity contribution in [2.24, 2.45) is 5.92 Å². The van der Waals surface area contributed by atoms with Crippen molar-refractivity contribution in [3.05, 3.63) is 17.8 Å². The summed E-state index contributed by atoms with van der Waals surface area (Å²) in [6, 6.07) is 4.80. The van der Waals surface area contributed by atoms with Crippen molar-refractivity contribution in [1.29, 1.82) is 0 Å². The van der Waals surface area contributed by atoms with Crippen molar-refractivity contribution in [1.82, 2.24) is 15.5 Å². The van der Waals surface area contributed by atoms with Gasteiger partial charge in [0.05, 0.1) is 5.69 Å². The molecule has 2 unspecified atom stereocenters. The van der Waals surface area contributed by atoms with E-state index in [9.17, 15) is 0 Å². The first-order valence-electron chi connectivity index (χ1n) is 8.15. The Balaban J connectivity index is 1.94. The van der Waals surface area contributed by atoms with Gasteiger partial charge in [-0.1, -0.05) is 19.8 Å². The Morgan fingerprint density at radius 1 is 1.24 bits per heavy atom. The quantitative estimate of drug-likeness (QED) is 0.923. The molecule has 0 spiro atoms. The van der Waals surface area contributed by atoms with Gasteiger partial charge < -0.3 is 10.2 Å². The predicted molar refractivity (Wildman–Crippen MR) is 88.4 cm³/mol. The largest absolute Gasteiger partial charge is 0.355 e. The van der Waals surface area contributed by atoms with Gasteiger partial charge in [0.1, 0.15) is 0 Å². The van der Waals surface area contributed by atoms with E-state index in [2.05, 4.69) is 67.3 Å². The van der Waals surface area contributed by atoms with E-state index >= 15 is 0 Å². The summed E-state index contributed by atoms with van der Waals surface area (Å²) in [5.74, 6) is 1.82. The Kier molecular flexibility index (Phi) is 5.20. The van der Waals surface area contributed by atoms with Crippen molar-refractivity contribution in [3.8, 4) is 0 Å². The van der Waals surface area contributed by atoms with Gasteiger partial charge in [-0.15, -0.1) is 5.10 Å². The Morgan fingerprint density at radius 2 is 2.00 bits per heavy atom. The van der Waals surface area contributed by atoms with E-state index in [1.54, 1.807) is 0 Å². The van der Waals surface area contributed by atoms with Crippen LogP contribution in [0.3, 0.4) is 0 Å². The summed E-state index contributed by atoms with van der Waals surface area (Å²) in [4.78, 5) is 2.31. The zero-order chi connectivity index (χ0) is 15.5. The fourth-order valence-electron chi connectivity index (χ4n) is 2.93. The molecule has 4 nitrogen and oxygen atoms in total. The molecule has 1 aliphatic rings. The molecule has 21 heavy (non-hydrogen) atoms. The van der Waals surface area contributed by atoms with Gasteiger partial charge in [0, 0.05) is 25.2 Å². The molecule has 0 saturated heterocycles. The lowest BCUT2D eigenvalue weighted by Crippen LogP contribution is -2.36. The topological polar surface area (TPSA) is 41.0 Å². The monoisotopic (exact) mass is 290 g/mol. The van der Waals surface area contributed by atoms with Crippen LogP contribution in [0.5, 0.6) is 0 Å². The summed E-state index contributed by atoms with van der Waals surface area (Å²) in [7, 11) is 2.15. The van der Waals surface area contributed by atoms with E-state index in [4.69, 9.17) is 0 Å². The number of nitrogens with one attached hydrogen (secondary N) is 1. The number of aromatic nitrogens is 2. The van der Waals surface area contributed by atoms with Crippen LogP contribution >= 0.6 is 0 Å². The maximum Gasteiger partial charge on any atom is 0.151 e. The van der Waals surface area contributed by atoms with Crippen LogP contribution in [0.2, 0.25) is 0 Å². The van der Waals surface area contributed by atoms with Crippen LogP contribution in [0.1, 0.15) is 59.1 Å². The standard InChI is InChI=1S/C17H30N4/c1-13-7-6-8-15(11-13)21(5)16-10-9-14(19-20-16)12-18-17(2,3)4/h9-10,13,15,18H,6-8,11-12H2,1-5H3. The molecule has 1 fully saturated rings. The normalized spacial score (nSPS) is 23.1. The molecule has 2 rings (SSSR count). The van der Waals surface area contributed by atoms with Crippen LogP contribution in [-0.4, -0.2) is 28.8 Å². The summed E-state index contributed by atoms with van der Waals surface area (Å²) in [5, 5.41) is 12.2. The van der Waals surface area contributed by atoms with Gasteiger partial charge in [0.2, 0.25) is 0 Å². The lowest BCUT2D eigenvalue weighted by Gasteiger charge is -2.34. The van der Waals surface area contributed by atoms with E-state index in [1.807, 2.05) is 0 Å². The van der Waals surface area contributed by atoms with Crippen LogP contribution < -0.4 is 10.2 Å². The van der Waals surface area contributed by atoms with Crippen molar-refractivity contribution < 1.29 is 0 Å². The first-order valence-corrected chi connectivity index (χ1v) is 8.15. The predicted octanol–water partition coefficient (Wildman–Crippen LogP) is 3.38. The molecule has 0 bridgehead atoms. The average molecular weight is 290 g/mol. The van der Waals surface area contributed by atoms with Crippen molar-refractivity contribution in [2.75, 3.05) is 11.9 Å². The molecule has 0 radical (unpaired) electrons.